The number of rotatable bonds is 3. The lowest BCUT2D eigenvalue weighted by Gasteiger charge is -2.60. The number of ether oxygens (including phenoxy) is 1. The van der Waals surface area contributed by atoms with Gasteiger partial charge >= 0.3 is 5.97 Å². The Morgan fingerprint density at radius 3 is 2.08 bits per heavy atom. The first kappa shape index (κ1) is 18.4. The zero-order valence-corrected chi connectivity index (χ0v) is 18.7. The van der Waals surface area contributed by atoms with E-state index in [4.69, 9.17) is 4.74 Å². The smallest absolute Gasteiger partial charge is 0.310 e. The fourth-order valence-corrected chi connectivity index (χ4v) is 18.9. The van der Waals surface area contributed by atoms with Crippen molar-refractivity contribution in [2.45, 2.75) is 88.6 Å². The van der Waals surface area contributed by atoms with Gasteiger partial charge in [-0.1, -0.05) is 59.1 Å². The van der Waals surface area contributed by atoms with Crippen molar-refractivity contribution in [1.82, 2.24) is 0 Å². The highest BCUT2D eigenvalue weighted by molar-refractivity contribution is 7.00. The standard InChI is InChI=1S/C20H36O2Si2/c1-8-20(13-23(4,5)19(2,3)24(6,7)14-20)22-18(21)17-12-15-9-10-16(17)11-15/h9-10,15-17H,8,11-14H2,1-7H3. The van der Waals surface area contributed by atoms with Crippen LogP contribution >= 0.6 is 0 Å². The summed E-state index contributed by atoms with van der Waals surface area (Å²) in [5, 5.41) is 0. The minimum Gasteiger partial charge on any atom is -0.459 e. The summed E-state index contributed by atoms with van der Waals surface area (Å²) in [6.07, 6.45) is 7.75. The van der Waals surface area contributed by atoms with Gasteiger partial charge < -0.3 is 4.74 Å². The maximum Gasteiger partial charge on any atom is 0.310 e. The van der Waals surface area contributed by atoms with Crippen molar-refractivity contribution in [1.29, 1.82) is 0 Å². The monoisotopic (exact) mass is 364 g/mol. The topological polar surface area (TPSA) is 26.3 Å². The molecular weight excluding hydrogens is 328 g/mol. The largest absolute Gasteiger partial charge is 0.459 e. The summed E-state index contributed by atoms with van der Waals surface area (Å²) in [4.78, 5) is 13.0. The normalized spacial score (nSPS) is 37.4. The predicted octanol–water partition coefficient (Wildman–Crippen LogP) is 5.64. The van der Waals surface area contributed by atoms with Crippen LogP contribution < -0.4 is 0 Å². The van der Waals surface area contributed by atoms with Gasteiger partial charge in [0, 0.05) is 0 Å². The quantitative estimate of drug-likeness (QED) is 0.368. The lowest BCUT2D eigenvalue weighted by molar-refractivity contribution is -0.163. The van der Waals surface area contributed by atoms with Gasteiger partial charge in [0.1, 0.15) is 5.60 Å². The molecular formula is C20H36O2Si2. The van der Waals surface area contributed by atoms with Crippen LogP contribution in [0, 0.1) is 17.8 Å². The first-order valence-electron chi connectivity index (χ1n) is 9.84. The van der Waals surface area contributed by atoms with Crippen LogP contribution in [-0.4, -0.2) is 27.7 Å². The summed E-state index contributed by atoms with van der Waals surface area (Å²) in [7, 11) is -2.92. The van der Waals surface area contributed by atoms with Crippen LogP contribution in [0.1, 0.15) is 40.0 Å². The highest BCUT2D eigenvalue weighted by Gasteiger charge is 2.61. The van der Waals surface area contributed by atoms with E-state index in [1.807, 2.05) is 0 Å². The Labute approximate surface area is 150 Å². The molecule has 2 aliphatic carbocycles. The molecule has 2 bridgehead atoms. The van der Waals surface area contributed by atoms with Crippen LogP contribution in [-0.2, 0) is 9.53 Å². The minimum atomic E-state index is -1.46. The zero-order chi connectivity index (χ0) is 18.0. The Balaban J connectivity index is 1.82. The van der Waals surface area contributed by atoms with Gasteiger partial charge in [-0.25, -0.2) is 0 Å². The van der Waals surface area contributed by atoms with E-state index in [0.29, 0.717) is 16.5 Å². The van der Waals surface area contributed by atoms with Crippen LogP contribution in [0.3, 0.4) is 0 Å². The molecule has 0 N–H and O–H groups in total. The van der Waals surface area contributed by atoms with Crippen LogP contribution in [0.4, 0.5) is 0 Å². The third-order valence-electron chi connectivity index (χ3n) is 8.46. The average molecular weight is 365 g/mol. The van der Waals surface area contributed by atoms with Crippen LogP contribution in [0.2, 0.25) is 42.9 Å². The molecule has 0 spiro atoms. The van der Waals surface area contributed by atoms with Crippen molar-refractivity contribution in [2.24, 2.45) is 17.8 Å². The zero-order valence-electron chi connectivity index (χ0n) is 16.7. The predicted molar refractivity (Wildman–Crippen MR) is 107 cm³/mol. The average Bonchev–Trinajstić information content (AvgIpc) is 3.07. The molecule has 3 aliphatic rings. The Bertz CT molecular complexity index is 542. The second kappa shape index (κ2) is 5.57. The SMILES string of the molecule is CCC1(OC(=O)C2CC3C=CC2C3)C[Si](C)(C)C(C)(C)[Si](C)(C)C1. The maximum absolute atomic E-state index is 13.0. The molecule has 1 saturated heterocycles. The molecule has 0 aromatic rings. The highest BCUT2D eigenvalue weighted by Crippen LogP contribution is 2.59. The van der Waals surface area contributed by atoms with Gasteiger partial charge in [-0.15, -0.1) is 0 Å². The molecule has 2 fully saturated rings. The molecule has 3 rings (SSSR count). The first-order valence-corrected chi connectivity index (χ1v) is 16.3. The molecule has 1 aliphatic heterocycles. The van der Waals surface area contributed by atoms with Crippen molar-refractivity contribution < 1.29 is 9.53 Å². The van der Waals surface area contributed by atoms with E-state index in [0.717, 1.165) is 24.9 Å². The molecule has 0 aromatic heterocycles. The van der Waals surface area contributed by atoms with E-state index in [1.54, 1.807) is 0 Å². The summed E-state index contributed by atoms with van der Waals surface area (Å²) in [5.41, 5.74) is -0.177. The number of carbonyl (C=O) groups is 1. The minimum absolute atomic E-state index is 0.114. The van der Waals surface area contributed by atoms with Crippen molar-refractivity contribution in [3.05, 3.63) is 12.2 Å². The number of allylic oxidation sites excluding steroid dienone is 2. The molecule has 1 saturated carbocycles. The van der Waals surface area contributed by atoms with E-state index in [2.05, 4.69) is 59.1 Å². The number of carbonyl (C=O) groups excluding carboxylic acids is 1. The number of hydrogen-bond donors (Lipinski definition) is 0. The van der Waals surface area contributed by atoms with Gasteiger partial charge in [-0.3, -0.25) is 4.79 Å². The van der Waals surface area contributed by atoms with Gasteiger partial charge in [0.25, 0.3) is 0 Å². The Kier molecular flexibility index (Phi) is 4.28. The third kappa shape index (κ3) is 2.68. The van der Waals surface area contributed by atoms with Crippen molar-refractivity contribution in [3.8, 4) is 0 Å². The molecule has 0 aromatic carbocycles. The van der Waals surface area contributed by atoms with E-state index >= 15 is 0 Å². The van der Waals surface area contributed by atoms with E-state index < -0.39 is 16.1 Å². The Morgan fingerprint density at radius 1 is 1.08 bits per heavy atom. The number of fused-ring (bicyclic) bond motifs is 2. The summed E-state index contributed by atoms with van der Waals surface area (Å²) in [6.45, 7) is 17.4. The fraction of sp³-hybridized carbons (Fsp3) is 0.850. The van der Waals surface area contributed by atoms with Crippen molar-refractivity contribution in [2.75, 3.05) is 0 Å². The summed E-state index contributed by atoms with van der Waals surface area (Å²) < 4.78 is 6.91. The summed E-state index contributed by atoms with van der Waals surface area (Å²) >= 11 is 0. The Hall–Kier alpha value is -0.356. The van der Waals surface area contributed by atoms with Crippen LogP contribution in [0.15, 0.2) is 12.2 Å². The Morgan fingerprint density at radius 2 is 1.67 bits per heavy atom. The van der Waals surface area contributed by atoms with Crippen LogP contribution in [0.5, 0.6) is 0 Å². The summed E-state index contributed by atoms with van der Waals surface area (Å²) in [5.74, 6) is 1.33. The highest BCUT2D eigenvalue weighted by atomic mass is 28.4. The number of esters is 1. The van der Waals surface area contributed by atoms with Gasteiger partial charge in [-0.05, 0) is 47.8 Å². The van der Waals surface area contributed by atoms with E-state index in [9.17, 15) is 4.79 Å². The molecule has 4 heteroatoms. The van der Waals surface area contributed by atoms with Gasteiger partial charge in [-0.2, -0.15) is 0 Å². The molecule has 136 valence electrons. The first-order chi connectivity index (χ1) is 10.9. The van der Waals surface area contributed by atoms with Crippen LogP contribution in [0.25, 0.3) is 0 Å². The molecule has 2 nitrogen and oxygen atoms in total. The summed E-state index contributed by atoms with van der Waals surface area (Å²) in [6, 6.07) is 2.28. The van der Waals surface area contributed by atoms with Gasteiger partial charge in [0.05, 0.1) is 22.1 Å². The van der Waals surface area contributed by atoms with E-state index in [-0.39, 0.29) is 17.5 Å². The fourth-order valence-electron chi connectivity index (χ4n) is 5.77. The second-order valence-electron chi connectivity index (χ2n) is 10.6. The van der Waals surface area contributed by atoms with E-state index in [1.165, 1.54) is 6.42 Å². The van der Waals surface area contributed by atoms with Crippen molar-refractivity contribution in [3.63, 3.8) is 0 Å². The lowest BCUT2D eigenvalue weighted by atomic mass is 9.93. The molecule has 0 amide bonds. The lowest BCUT2D eigenvalue weighted by Crippen LogP contribution is -2.65. The molecule has 0 radical (unpaired) electrons. The molecule has 3 unspecified atom stereocenters. The number of hydrogen-bond acceptors (Lipinski definition) is 2. The van der Waals surface area contributed by atoms with Crippen molar-refractivity contribution >= 4 is 22.1 Å². The third-order valence-corrected chi connectivity index (χ3v) is 22.3. The molecule has 3 atom stereocenters. The van der Waals surface area contributed by atoms with Gasteiger partial charge in [0.15, 0.2) is 0 Å². The molecule has 1 heterocycles. The maximum atomic E-state index is 13.0. The van der Waals surface area contributed by atoms with Gasteiger partial charge in [0.2, 0.25) is 0 Å². The second-order valence-corrected chi connectivity index (χ2v) is 21.8. The molecule has 24 heavy (non-hydrogen) atoms.